The minimum Gasteiger partial charge on any atom is -0.481 e. The lowest BCUT2D eigenvalue weighted by Crippen LogP contribution is -2.49. The van der Waals surface area contributed by atoms with Gasteiger partial charge in [-0.3, -0.25) is 14.8 Å². The molecule has 1 amide bonds. The van der Waals surface area contributed by atoms with Gasteiger partial charge in [-0.25, -0.2) is 9.97 Å². The van der Waals surface area contributed by atoms with Crippen LogP contribution >= 0.6 is 0 Å². The Morgan fingerprint density at radius 2 is 1.93 bits per heavy atom. The Kier molecular flexibility index (Phi) is 4.16. The van der Waals surface area contributed by atoms with Gasteiger partial charge >= 0.3 is 0 Å². The van der Waals surface area contributed by atoms with Crippen molar-refractivity contribution in [3.05, 3.63) is 66.5 Å². The maximum Gasteiger partial charge on any atom is 0.289 e. The molecule has 4 aromatic rings. The van der Waals surface area contributed by atoms with Crippen molar-refractivity contribution < 1.29 is 9.53 Å². The topological polar surface area (TPSA) is 96.9 Å². The van der Waals surface area contributed by atoms with E-state index in [1.54, 1.807) is 30.6 Å². The third kappa shape index (κ3) is 3.08. The summed E-state index contributed by atoms with van der Waals surface area (Å²) in [5, 5.41) is 0. The summed E-state index contributed by atoms with van der Waals surface area (Å²) < 4.78 is 5.22. The van der Waals surface area contributed by atoms with Gasteiger partial charge in [-0.15, -0.1) is 0 Å². The average molecular weight is 386 g/mol. The van der Waals surface area contributed by atoms with Crippen molar-refractivity contribution >= 4 is 16.9 Å². The zero-order valence-electron chi connectivity index (χ0n) is 15.7. The van der Waals surface area contributed by atoms with Crippen LogP contribution in [0.15, 0.2) is 55.0 Å². The third-order valence-corrected chi connectivity index (χ3v) is 5.09. The van der Waals surface area contributed by atoms with Gasteiger partial charge in [-0.2, -0.15) is 0 Å². The largest absolute Gasteiger partial charge is 0.481 e. The minimum atomic E-state index is -0.103. The predicted octanol–water partition coefficient (Wildman–Crippen LogP) is 2.66. The minimum absolute atomic E-state index is 0.103. The Morgan fingerprint density at radius 3 is 2.76 bits per heavy atom. The maximum atomic E-state index is 12.8. The Balaban J connectivity index is 1.36. The summed E-state index contributed by atoms with van der Waals surface area (Å²) in [5.41, 5.74) is 4.19. The highest BCUT2D eigenvalue weighted by Gasteiger charge is 2.36. The highest BCUT2D eigenvalue weighted by Crippen LogP contribution is 2.33. The van der Waals surface area contributed by atoms with Gasteiger partial charge < -0.3 is 14.6 Å². The summed E-state index contributed by atoms with van der Waals surface area (Å²) in [6.07, 6.45) is 5.04. The lowest BCUT2D eigenvalue weighted by molar-refractivity contribution is 0.0587. The first kappa shape index (κ1) is 17.3. The zero-order chi connectivity index (χ0) is 19.8. The van der Waals surface area contributed by atoms with Gasteiger partial charge in [0.1, 0.15) is 0 Å². The van der Waals surface area contributed by atoms with E-state index in [-0.39, 0.29) is 11.8 Å². The van der Waals surface area contributed by atoms with Gasteiger partial charge in [-0.05, 0) is 18.2 Å². The van der Waals surface area contributed by atoms with E-state index < -0.39 is 0 Å². The first-order chi connectivity index (χ1) is 14.2. The van der Waals surface area contributed by atoms with E-state index in [4.69, 9.17) is 4.74 Å². The number of fused-ring (bicyclic) bond motifs is 1. The highest BCUT2D eigenvalue weighted by molar-refractivity contribution is 5.94. The standard InChI is InChI=1S/C21H18N6O2/c1-29-17-10-13(6-7-22-17)18-19(24-9-8-23-18)14-11-27(12-14)21(28)20-25-15-4-2-3-5-16(15)26-20/h2-10,14H,11-12H2,1H3,(H,25,26). The van der Waals surface area contributed by atoms with Gasteiger partial charge in [0.2, 0.25) is 5.88 Å². The Morgan fingerprint density at radius 1 is 1.10 bits per heavy atom. The van der Waals surface area contributed by atoms with Crippen molar-refractivity contribution in [3.8, 4) is 17.1 Å². The molecule has 1 N–H and O–H groups in total. The monoisotopic (exact) mass is 386 g/mol. The second-order valence-corrected chi connectivity index (χ2v) is 6.89. The van der Waals surface area contributed by atoms with Crippen LogP contribution in [0.25, 0.3) is 22.3 Å². The van der Waals surface area contributed by atoms with Gasteiger partial charge in [0.05, 0.1) is 29.5 Å². The number of aromatic nitrogens is 5. The second-order valence-electron chi connectivity index (χ2n) is 6.89. The number of pyridine rings is 1. The molecule has 4 heterocycles. The molecule has 5 rings (SSSR count). The molecule has 29 heavy (non-hydrogen) atoms. The first-order valence-corrected chi connectivity index (χ1v) is 9.28. The number of aromatic amines is 1. The fraction of sp³-hybridized carbons (Fsp3) is 0.190. The van der Waals surface area contributed by atoms with Crippen LogP contribution < -0.4 is 4.74 Å². The summed E-state index contributed by atoms with van der Waals surface area (Å²) in [4.78, 5) is 35.3. The number of carbonyl (C=O) groups is 1. The molecule has 144 valence electrons. The number of ether oxygens (including phenoxy) is 1. The van der Waals surface area contributed by atoms with Crippen LogP contribution in [-0.2, 0) is 0 Å². The molecule has 1 saturated heterocycles. The quantitative estimate of drug-likeness (QED) is 0.579. The number of H-pyrrole nitrogens is 1. The summed E-state index contributed by atoms with van der Waals surface area (Å²) in [7, 11) is 1.58. The van der Waals surface area contributed by atoms with Crippen LogP contribution in [0.3, 0.4) is 0 Å². The lowest BCUT2D eigenvalue weighted by Gasteiger charge is -2.38. The summed E-state index contributed by atoms with van der Waals surface area (Å²) in [6.45, 7) is 1.15. The van der Waals surface area contributed by atoms with Crippen molar-refractivity contribution in [2.75, 3.05) is 20.2 Å². The molecule has 0 spiro atoms. The molecule has 8 heteroatoms. The van der Waals surface area contributed by atoms with Crippen LogP contribution in [0.1, 0.15) is 22.2 Å². The number of hydrogen-bond acceptors (Lipinski definition) is 6. The summed E-state index contributed by atoms with van der Waals surface area (Å²) in [6, 6.07) is 11.3. The van der Waals surface area contributed by atoms with Crippen molar-refractivity contribution in [2.45, 2.75) is 5.92 Å². The molecule has 0 aliphatic carbocycles. The highest BCUT2D eigenvalue weighted by atomic mass is 16.5. The third-order valence-electron chi connectivity index (χ3n) is 5.09. The Bertz CT molecular complexity index is 1170. The molecule has 1 aliphatic rings. The van der Waals surface area contributed by atoms with Gasteiger partial charge in [0.25, 0.3) is 5.91 Å². The number of para-hydroxylation sites is 2. The number of methoxy groups -OCH3 is 1. The van der Waals surface area contributed by atoms with Crippen LogP contribution in [0.5, 0.6) is 5.88 Å². The number of rotatable bonds is 4. The molecule has 3 aromatic heterocycles. The molecule has 0 saturated carbocycles. The van der Waals surface area contributed by atoms with Crippen LogP contribution in [0.2, 0.25) is 0 Å². The van der Waals surface area contributed by atoms with Gasteiger partial charge in [-0.1, -0.05) is 12.1 Å². The second kappa shape index (κ2) is 6.97. The molecular weight excluding hydrogens is 368 g/mol. The number of likely N-dealkylation sites (tertiary alicyclic amines) is 1. The normalized spacial score (nSPS) is 14.0. The smallest absolute Gasteiger partial charge is 0.289 e. The van der Waals surface area contributed by atoms with Crippen molar-refractivity contribution in [1.82, 2.24) is 29.8 Å². The predicted molar refractivity (Wildman–Crippen MR) is 107 cm³/mol. The number of benzene rings is 1. The Labute approximate surface area is 166 Å². The SMILES string of the molecule is COc1cc(-c2nccnc2C2CN(C(=O)c3nc4ccccc4[nH]3)C2)ccn1. The molecule has 1 aromatic carbocycles. The van der Waals surface area contributed by atoms with Crippen LogP contribution in [0, 0.1) is 0 Å². The first-order valence-electron chi connectivity index (χ1n) is 9.28. The number of amides is 1. The van der Waals surface area contributed by atoms with Gasteiger partial charge in [0, 0.05) is 49.2 Å². The number of hydrogen-bond donors (Lipinski definition) is 1. The molecule has 0 unspecified atom stereocenters. The zero-order valence-corrected chi connectivity index (χ0v) is 15.7. The number of imidazole rings is 1. The fourth-order valence-electron chi connectivity index (χ4n) is 3.56. The maximum absolute atomic E-state index is 12.8. The van der Waals surface area contributed by atoms with E-state index in [0.29, 0.717) is 24.8 Å². The van der Waals surface area contributed by atoms with E-state index in [9.17, 15) is 4.79 Å². The van der Waals surface area contributed by atoms with Crippen LogP contribution in [-0.4, -0.2) is 55.9 Å². The number of nitrogens with one attached hydrogen (secondary N) is 1. The van der Waals surface area contributed by atoms with Gasteiger partial charge in [0.15, 0.2) is 5.82 Å². The van der Waals surface area contributed by atoms with E-state index in [2.05, 4.69) is 24.9 Å². The molecule has 1 aliphatic heterocycles. The average Bonchev–Trinajstić information content (AvgIpc) is 3.17. The lowest BCUT2D eigenvalue weighted by atomic mass is 9.92. The summed E-state index contributed by atoms with van der Waals surface area (Å²) >= 11 is 0. The van der Waals surface area contributed by atoms with E-state index in [0.717, 1.165) is 28.0 Å². The molecule has 0 bridgehead atoms. The van der Waals surface area contributed by atoms with Crippen molar-refractivity contribution in [2.24, 2.45) is 0 Å². The van der Waals surface area contributed by atoms with Crippen molar-refractivity contribution in [3.63, 3.8) is 0 Å². The summed E-state index contributed by atoms with van der Waals surface area (Å²) in [5.74, 6) is 0.900. The van der Waals surface area contributed by atoms with Crippen LogP contribution in [0.4, 0.5) is 0 Å². The molecule has 1 fully saturated rings. The van der Waals surface area contributed by atoms with E-state index >= 15 is 0 Å². The molecule has 0 atom stereocenters. The molecule has 0 radical (unpaired) electrons. The van der Waals surface area contributed by atoms with E-state index in [1.807, 2.05) is 36.4 Å². The Hall–Kier alpha value is -3.81. The fourth-order valence-corrected chi connectivity index (χ4v) is 3.56. The number of nitrogens with zero attached hydrogens (tertiary/aromatic N) is 5. The molecular formula is C21H18N6O2. The molecule has 8 nitrogen and oxygen atoms in total. The van der Waals surface area contributed by atoms with E-state index in [1.165, 1.54) is 0 Å². The van der Waals surface area contributed by atoms with Crippen molar-refractivity contribution in [1.29, 1.82) is 0 Å². The number of carbonyl (C=O) groups excluding carboxylic acids is 1.